The molecule has 2 amide bonds. The molecule has 0 bridgehead atoms. The van der Waals surface area contributed by atoms with E-state index in [1.807, 2.05) is 0 Å². The average molecular weight is 243 g/mol. The molecule has 0 aromatic carbocycles. The van der Waals surface area contributed by atoms with E-state index in [4.69, 9.17) is 4.74 Å². The number of methoxy groups -OCH3 is 1. The minimum absolute atomic E-state index is 0.0497. The molecule has 6 nitrogen and oxygen atoms in total. The van der Waals surface area contributed by atoms with Crippen LogP contribution >= 0.6 is 0 Å². The highest BCUT2D eigenvalue weighted by molar-refractivity contribution is 5.81. The highest BCUT2D eigenvalue weighted by Crippen LogP contribution is 2.05. The Kier molecular flexibility index (Phi) is 5.93. The Labute approximate surface area is 101 Å². The predicted octanol–water partition coefficient (Wildman–Crippen LogP) is -0.994. The number of amides is 2. The zero-order chi connectivity index (χ0) is 12.7. The average Bonchev–Trinajstić information content (AvgIpc) is 2.72. The fourth-order valence-corrected chi connectivity index (χ4v) is 1.67. The molecule has 0 aromatic heterocycles. The summed E-state index contributed by atoms with van der Waals surface area (Å²) in [5, 5.41) is 8.71. The van der Waals surface area contributed by atoms with Crippen LogP contribution in [0.25, 0.3) is 0 Å². The summed E-state index contributed by atoms with van der Waals surface area (Å²) < 4.78 is 4.84. The maximum atomic E-state index is 11.6. The Balaban J connectivity index is 2.13. The third-order valence-corrected chi connectivity index (χ3v) is 2.75. The number of hydrogen-bond donors (Lipinski definition) is 3. The van der Waals surface area contributed by atoms with Crippen LogP contribution in [0.2, 0.25) is 0 Å². The van der Waals surface area contributed by atoms with Crippen LogP contribution in [-0.2, 0) is 14.3 Å². The normalized spacial score (nSPS) is 21.1. The van der Waals surface area contributed by atoms with Gasteiger partial charge in [0.25, 0.3) is 0 Å². The van der Waals surface area contributed by atoms with Gasteiger partial charge in [-0.15, -0.1) is 0 Å². The van der Waals surface area contributed by atoms with E-state index in [9.17, 15) is 9.59 Å². The van der Waals surface area contributed by atoms with Crippen molar-refractivity contribution in [1.29, 1.82) is 0 Å². The number of carbonyl (C=O) groups is 2. The van der Waals surface area contributed by atoms with Crippen LogP contribution < -0.4 is 16.0 Å². The SMILES string of the molecule is COCCNC(=O)C(C)NCC1CCC(=O)N1. The Bertz CT molecular complexity index is 271. The lowest BCUT2D eigenvalue weighted by Gasteiger charge is -2.16. The van der Waals surface area contributed by atoms with Crippen molar-refractivity contribution < 1.29 is 14.3 Å². The number of carbonyl (C=O) groups excluding carboxylic acids is 2. The third-order valence-electron chi connectivity index (χ3n) is 2.75. The molecule has 17 heavy (non-hydrogen) atoms. The minimum Gasteiger partial charge on any atom is -0.383 e. The van der Waals surface area contributed by atoms with Crippen LogP contribution in [0.15, 0.2) is 0 Å². The van der Waals surface area contributed by atoms with Gasteiger partial charge < -0.3 is 20.7 Å². The molecule has 1 aliphatic rings. The van der Waals surface area contributed by atoms with Crippen molar-refractivity contribution in [2.24, 2.45) is 0 Å². The first-order valence-corrected chi connectivity index (χ1v) is 5.93. The van der Waals surface area contributed by atoms with E-state index in [1.54, 1.807) is 14.0 Å². The molecule has 1 saturated heterocycles. The molecular formula is C11H21N3O3. The maximum absolute atomic E-state index is 11.6. The van der Waals surface area contributed by atoms with Crippen LogP contribution in [0.3, 0.4) is 0 Å². The van der Waals surface area contributed by atoms with E-state index < -0.39 is 0 Å². The molecule has 0 saturated carbocycles. The minimum atomic E-state index is -0.260. The van der Waals surface area contributed by atoms with Gasteiger partial charge in [-0.2, -0.15) is 0 Å². The van der Waals surface area contributed by atoms with Crippen LogP contribution in [0.5, 0.6) is 0 Å². The van der Waals surface area contributed by atoms with Gasteiger partial charge in [0.2, 0.25) is 11.8 Å². The number of hydrogen-bond acceptors (Lipinski definition) is 4. The molecule has 0 aliphatic carbocycles. The van der Waals surface area contributed by atoms with Crippen LogP contribution in [0.1, 0.15) is 19.8 Å². The smallest absolute Gasteiger partial charge is 0.236 e. The first kappa shape index (κ1) is 13.9. The van der Waals surface area contributed by atoms with Gasteiger partial charge in [-0.25, -0.2) is 0 Å². The maximum Gasteiger partial charge on any atom is 0.236 e. The van der Waals surface area contributed by atoms with Gasteiger partial charge in [0, 0.05) is 32.7 Å². The van der Waals surface area contributed by atoms with Crippen LogP contribution in [0.4, 0.5) is 0 Å². The van der Waals surface area contributed by atoms with E-state index >= 15 is 0 Å². The van der Waals surface area contributed by atoms with E-state index in [0.717, 1.165) is 6.42 Å². The molecule has 1 aliphatic heterocycles. The van der Waals surface area contributed by atoms with Crippen LogP contribution in [0, 0.1) is 0 Å². The van der Waals surface area contributed by atoms with Crippen molar-refractivity contribution in [1.82, 2.24) is 16.0 Å². The molecule has 0 aromatic rings. The van der Waals surface area contributed by atoms with Crippen molar-refractivity contribution in [3.05, 3.63) is 0 Å². The molecule has 0 spiro atoms. The van der Waals surface area contributed by atoms with E-state index in [-0.39, 0.29) is 23.9 Å². The lowest BCUT2D eigenvalue weighted by Crippen LogP contribution is -2.47. The fraction of sp³-hybridized carbons (Fsp3) is 0.818. The van der Waals surface area contributed by atoms with Crippen molar-refractivity contribution in [3.8, 4) is 0 Å². The molecule has 98 valence electrons. The first-order chi connectivity index (χ1) is 8.13. The molecule has 2 unspecified atom stereocenters. The van der Waals surface area contributed by atoms with Crippen LogP contribution in [-0.4, -0.2) is 50.7 Å². The summed E-state index contributed by atoms with van der Waals surface area (Å²) in [6.07, 6.45) is 1.42. The number of nitrogens with one attached hydrogen (secondary N) is 3. The van der Waals surface area contributed by atoms with Gasteiger partial charge in [-0.05, 0) is 13.3 Å². The molecule has 1 fully saturated rings. The van der Waals surface area contributed by atoms with Gasteiger partial charge in [0.1, 0.15) is 0 Å². The van der Waals surface area contributed by atoms with E-state index in [2.05, 4.69) is 16.0 Å². The summed E-state index contributed by atoms with van der Waals surface area (Å²) in [5.74, 6) is 0.0420. The highest BCUT2D eigenvalue weighted by Gasteiger charge is 2.21. The Morgan fingerprint density at radius 1 is 1.65 bits per heavy atom. The highest BCUT2D eigenvalue weighted by atomic mass is 16.5. The molecule has 3 N–H and O–H groups in total. The number of rotatable bonds is 7. The molecule has 1 rings (SSSR count). The van der Waals surface area contributed by atoms with Gasteiger partial charge in [0.05, 0.1) is 12.6 Å². The quantitative estimate of drug-likeness (QED) is 0.501. The number of ether oxygens (including phenoxy) is 1. The van der Waals surface area contributed by atoms with Crippen molar-refractivity contribution in [2.45, 2.75) is 31.8 Å². The second kappa shape index (κ2) is 7.24. The third kappa shape index (κ3) is 5.14. The largest absolute Gasteiger partial charge is 0.383 e. The Morgan fingerprint density at radius 2 is 2.41 bits per heavy atom. The van der Waals surface area contributed by atoms with Crippen molar-refractivity contribution >= 4 is 11.8 Å². The summed E-state index contributed by atoms with van der Waals surface area (Å²) in [4.78, 5) is 22.5. The molecule has 1 heterocycles. The fourth-order valence-electron chi connectivity index (χ4n) is 1.67. The van der Waals surface area contributed by atoms with Gasteiger partial charge in [0.15, 0.2) is 0 Å². The molecular weight excluding hydrogens is 222 g/mol. The summed E-state index contributed by atoms with van der Waals surface area (Å²) in [7, 11) is 1.59. The summed E-state index contributed by atoms with van der Waals surface area (Å²) in [5.41, 5.74) is 0. The van der Waals surface area contributed by atoms with Gasteiger partial charge in [-0.3, -0.25) is 9.59 Å². The summed E-state index contributed by atoms with van der Waals surface area (Å²) in [6.45, 7) is 3.46. The molecule has 2 atom stereocenters. The lowest BCUT2D eigenvalue weighted by atomic mass is 10.2. The lowest BCUT2D eigenvalue weighted by molar-refractivity contribution is -0.123. The monoisotopic (exact) mass is 243 g/mol. The Hall–Kier alpha value is -1.14. The second-order valence-electron chi connectivity index (χ2n) is 4.22. The van der Waals surface area contributed by atoms with Gasteiger partial charge in [-0.1, -0.05) is 0 Å². The zero-order valence-corrected chi connectivity index (χ0v) is 10.4. The van der Waals surface area contributed by atoms with E-state index in [0.29, 0.717) is 26.1 Å². The second-order valence-corrected chi connectivity index (χ2v) is 4.22. The zero-order valence-electron chi connectivity index (χ0n) is 10.4. The molecule has 0 radical (unpaired) electrons. The topological polar surface area (TPSA) is 79.5 Å². The van der Waals surface area contributed by atoms with Gasteiger partial charge >= 0.3 is 0 Å². The summed E-state index contributed by atoms with van der Waals surface area (Å²) >= 11 is 0. The molecule has 6 heteroatoms. The standard InChI is InChI=1S/C11H21N3O3/c1-8(11(16)12-5-6-17-2)13-7-9-3-4-10(15)14-9/h8-9,13H,3-7H2,1-2H3,(H,12,16)(H,14,15). The van der Waals surface area contributed by atoms with Crippen molar-refractivity contribution in [3.63, 3.8) is 0 Å². The summed E-state index contributed by atoms with van der Waals surface area (Å²) in [6, 6.07) is -0.110. The Morgan fingerprint density at radius 3 is 3.00 bits per heavy atom. The first-order valence-electron chi connectivity index (χ1n) is 5.93. The predicted molar refractivity (Wildman–Crippen MR) is 63.5 cm³/mol. The van der Waals surface area contributed by atoms with E-state index in [1.165, 1.54) is 0 Å². The van der Waals surface area contributed by atoms with Crippen molar-refractivity contribution in [2.75, 3.05) is 26.8 Å².